The van der Waals surface area contributed by atoms with Crippen LogP contribution in [0.4, 0.5) is 0 Å². The van der Waals surface area contributed by atoms with E-state index in [1.54, 1.807) is 0 Å². The zero-order valence-corrected chi connectivity index (χ0v) is 17.4. The molecule has 154 valence electrons. The second kappa shape index (κ2) is 10.1. The number of nitrogens with zero attached hydrogens (tertiary/aromatic N) is 2. The number of aryl methyl sites for hydroxylation is 2. The van der Waals surface area contributed by atoms with Gasteiger partial charge in [0.05, 0.1) is 11.0 Å². The number of nitrogens with one attached hydrogen (secondary N) is 1. The Balaban J connectivity index is 1.72. The van der Waals surface area contributed by atoms with Crippen molar-refractivity contribution in [3.8, 4) is 5.75 Å². The number of imidazole rings is 1. The minimum Gasteiger partial charge on any atom is -0.485 e. The summed E-state index contributed by atoms with van der Waals surface area (Å²) in [6, 6.07) is 14.0. The van der Waals surface area contributed by atoms with Crippen LogP contribution in [-0.2, 0) is 22.7 Å². The Kier molecular flexibility index (Phi) is 7.25. The summed E-state index contributed by atoms with van der Waals surface area (Å²) in [6.45, 7) is 8.48. The van der Waals surface area contributed by atoms with Crippen LogP contribution in [0.3, 0.4) is 0 Å². The Labute approximate surface area is 171 Å². The van der Waals surface area contributed by atoms with Gasteiger partial charge < -0.3 is 19.4 Å². The fraction of sp³-hybridized carbons (Fsp3) is 0.391. The predicted molar refractivity (Wildman–Crippen MR) is 114 cm³/mol. The molecule has 3 rings (SSSR count). The summed E-state index contributed by atoms with van der Waals surface area (Å²) in [5, 5.41) is 2.95. The number of rotatable bonds is 10. The van der Waals surface area contributed by atoms with Crippen molar-refractivity contribution in [2.24, 2.45) is 0 Å². The molecule has 0 saturated carbocycles. The molecule has 0 aliphatic heterocycles. The van der Waals surface area contributed by atoms with E-state index in [0.29, 0.717) is 26.4 Å². The normalized spacial score (nSPS) is 11.0. The molecule has 3 aromatic rings. The van der Waals surface area contributed by atoms with E-state index >= 15 is 0 Å². The summed E-state index contributed by atoms with van der Waals surface area (Å²) in [5.41, 5.74) is 4.00. The lowest BCUT2D eigenvalue weighted by molar-refractivity contribution is -0.121. The highest BCUT2D eigenvalue weighted by molar-refractivity contribution is 5.81. The van der Waals surface area contributed by atoms with E-state index in [-0.39, 0.29) is 12.5 Å². The van der Waals surface area contributed by atoms with Gasteiger partial charge >= 0.3 is 0 Å². The fourth-order valence-corrected chi connectivity index (χ4v) is 3.16. The van der Waals surface area contributed by atoms with E-state index in [4.69, 9.17) is 14.5 Å². The molecule has 1 amide bonds. The van der Waals surface area contributed by atoms with Gasteiger partial charge in [-0.15, -0.1) is 0 Å². The summed E-state index contributed by atoms with van der Waals surface area (Å²) >= 11 is 0. The van der Waals surface area contributed by atoms with Crippen molar-refractivity contribution in [1.82, 2.24) is 14.9 Å². The third kappa shape index (κ3) is 5.57. The zero-order valence-electron chi connectivity index (χ0n) is 17.4. The minimum atomic E-state index is -0.0439. The van der Waals surface area contributed by atoms with Crippen LogP contribution in [0.5, 0.6) is 5.75 Å². The number of carbonyl (C=O) groups excluding carboxylic acids is 1. The monoisotopic (exact) mass is 395 g/mol. The summed E-state index contributed by atoms with van der Waals surface area (Å²) in [6.07, 6.45) is 0.798. The molecule has 1 aromatic heterocycles. The minimum absolute atomic E-state index is 0.0439. The van der Waals surface area contributed by atoms with Crippen LogP contribution in [0, 0.1) is 13.8 Å². The van der Waals surface area contributed by atoms with Gasteiger partial charge in [-0.1, -0.05) is 24.3 Å². The molecule has 0 atom stereocenters. The lowest BCUT2D eigenvalue weighted by atomic mass is 10.1. The molecule has 6 heteroatoms. The predicted octanol–water partition coefficient (Wildman–Crippen LogP) is 3.77. The number of amides is 1. The van der Waals surface area contributed by atoms with Gasteiger partial charge in [0.2, 0.25) is 5.91 Å². The maximum Gasteiger partial charge on any atom is 0.240 e. The molecule has 29 heavy (non-hydrogen) atoms. The van der Waals surface area contributed by atoms with Crippen molar-refractivity contribution in [1.29, 1.82) is 0 Å². The Morgan fingerprint density at radius 2 is 2.00 bits per heavy atom. The number of hydrogen-bond acceptors (Lipinski definition) is 4. The highest BCUT2D eigenvalue weighted by atomic mass is 16.5. The molecular weight excluding hydrogens is 366 g/mol. The molecule has 0 aliphatic rings. The first-order valence-corrected chi connectivity index (χ1v) is 10.1. The van der Waals surface area contributed by atoms with Gasteiger partial charge in [-0.05, 0) is 56.5 Å². The zero-order chi connectivity index (χ0) is 20.6. The van der Waals surface area contributed by atoms with E-state index < -0.39 is 0 Å². The molecule has 0 spiro atoms. The lowest BCUT2D eigenvalue weighted by Crippen LogP contribution is -2.29. The number of hydrogen-bond donors (Lipinski definition) is 1. The second-order valence-corrected chi connectivity index (χ2v) is 7.06. The molecule has 0 fully saturated rings. The lowest BCUT2D eigenvalue weighted by Gasteiger charge is -2.12. The van der Waals surface area contributed by atoms with Gasteiger partial charge in [0.25, 0.3) is 0 Å². The first-order chi connectivity index (χ1) is 14.1. The summed E-state index contributed by atoms with van der Waals surface area (Å²) in [4.78, 5) is 17.2. The van der Waals surface area contributed by atoms with Gasteiger partial charge in [-0.25, -0.2) is 4.98 Å². The van der Waals surface area contributed by atoms with Crippen LogP contribution in [0.25, 0.3) is 11.0 Å². The molecule has 0 aliphatic carbocycles. The average Bonchev–Trinajstić information content (AvgIpc) is 3.06. The van der Waals surface area contributed by atoms with Crippen LogP contribution >= 0.6 is 0 Å². The molecule has 0 unspecified atom stereocenters. The van der Waals surface area contributed by atoms with Crippen LogP contribution in [0.2, 0.25) is 0 Å². The number of aromatic nitrogens is 2. The van der Waals surface area contributed by atoms with E-state index in [2.05, 4.69) is 11.4 Å². The number of carbonyl (C=O) groups is 1. The Morgan fingerprint density at radius 1 is 1.17 bits per heavy atom. The molecule has 6 nitrogen and oxygen atoms in total. The SMILES string of the molecule is CCOCCCNC(=O)Cn1c(COc2cc(C)ccc2C)nc2ccccc21. The molecule has 0 radical (unpaired) electrons. The highest BCUT2D eigenvalue weighted by Crippen LogP contribution is 2.22. The van der Waals surface area contributed by atoms with Gasteiger partial charge in [0.15, 0.2) is 0 Å². The number of benzene rings is 2. The maximum absolute atomic E-state index is 12.5. The topological polar surface area (TPSA) is 65.4 Å². The number of fused-ring (bicyclic) bond motifs is 1. The van der Waals surface area contributed by atoms with Crippen molar-refractivity contribution < 1.29 is 14.3 Å². The van der Waals surface area contributed by atoms with Gasteiger partial charge in [0.1, 0.15) is 24.7 Å². The molecule has 1 heterocycles. The van der Waals surface area contributed by atoms with Gasteiger partial charge in [-0.2, -0.15) is 0 Å². The van der Waals surface area contributed by atoms with E-state index in [9.17, 15) is 4.79 Å². The maximum atomic E-state index is 12.5. The quantitative estimate of drug-likeness (QED) is 0.531. The van der Waals surface area contributed by atoms with Gasteiger partial charge in [0, 0.05) is 19.8 Å². The standard InChI is InChI=1S/C23H29N3O3/c1-4-28-13-7-12-24-23(27)15-26-20-9-6-5-8-19(20)25-22(26)16-29-21-14-17(2)10-11-18(21)3/h5-6,8-11,14H,4,7,12-13,15-16H2,1-3H3,(H,24,27). The third-order valence-corrected chi connectivity index (χ3v) is 4.73. The van der Waals surface area contributed by atoms with Crippen molar-refractivity contribution in [3.05, 3.63) is 59.4 Å². The first kappa shape index (κ1) is 20.9. The number of para-hydroxylation sites is 2. The van der Waals surface area contributed by atoms with Crippen molar-refractivity contribution >= 4 is 16.9 Å². The van der Waals surface area contributed by atoms with Crippen molar-refractivity contribution in [3.63, 3.8) is 0 Å². The molecule has 1 N–H and O–H groups in total. The molecule has 2 aromatic carbocycles. The molecule has 0 saturated heterocycles. The van der Waals surface area contributed by atoms with E-state index in [1.165, 1.54) is 0 Å². The smallest absolute Gasteiger partial charge is 0.240 e. The number of ether oxygens (including phenoxy) is 2. The molecule has 0 bridgehead atoms. The van der Waals surface area contributed by atoms with Crippen LogP contribution < -0.4 is 10.1 Å². The average molecular weight is 396 g/mol. The van der Waals surface area contributed by atoms with Crippen LogP contribution in [-0.4, -0.2) is 35.2 Å². The van der Waals surface area contributed by atoms with Crippen LogP contribution in [0.1, 0.15) is 30.3 Å². The van der Waals surface area contributed by atoms with E-state index in [0.717, 1.165) is 40.2 Å². The summed E-state index contributed by atoms with van der Waals surface area (Å²) < 4.78 is 13.3. The first-order valence-electron chi connectivity index (χ1n) is 10.1. The summed E-state index contributed by atoms with van der Waals surface area (Å²) in [7, 11) is 0. The van der Waals surface area contributed by atoms with Crippen molar-refractivity contribution in [2.45, 2.75) is 40.3 Å². The van der Waals surface area contributed by atoms with Crippen LogP contribution in [0.15, 0.2) is 42.5 Å². The Hall–Kier alpha value is -2.86. The van der Waals surface area contributed by atoms with Gasteiger partial charge in [-0.3, -0.25) is 4.79 Å². The fourth-order valence-electron chi connectivity index (χ4n) is 3.16. The summed E-state index contributed by atoms with van der Waals surface area (Å²) in [5.74, 6) is 1.53. The Morgan fingerprint density at radius 3 is 2.83 bits per heavy atom. The largest absolute Gasteiger partial charge is 0.485 e. The second-order valence-electron chi connectivity index (χ2n) is 7.06. The van der Waals surface area contributed by atoms with Crippen molar-refractivity contribution in [2.75, 3.05) is 19.8 Å². The Bertz CT molecular complexity index is 965. The molecular formula is C23H29N3O3. The van der Waals surface area contributed by atoms with E-state index in [1.807, 2.05) is 61.7 Å². The highest BCUT2D eigenvalue weighted by Gasteiger charge is 2.14. The third-order valence-electron chi connectivity index (χ3n) is 4.73.